The number of esters is 1. The highest BCUT2D eigenvalue weighted by Gasteiger charge is 2.30. The first kappa shape index (κ1) is 24.8. The molecule has 0 bridgehead atoms. The zero-order valence-electron chi connectivity index (χ0n) is 17.2. The summed E-state index contributed by atoms with van der Waals surface area (Å²) in [5, 5.41) is 10.1. The molecule has 0 aliphatic heterocycles. The number of thioether (sulfide) groups is 1. The topological polar surface area (TPSA) is 119 Å². The number of benzene rings is 2. The number of hydrogen-bond donors (Lipinski definition) is 2. The van der Waals surface area contributed by atoms with Gasteiger partial charge in [-0.1, -0.05) is 13.0 Å². The van der Waals surface area contributed by atoms with E-state index in [2.05, 4.69) is 10.1 Å². The molecule has 0 fully saturated rings. The third-order valence-corrected chi connectivity index (χ3v) is 5.13. The summed E-state index contributed by atoms with van der Waals surface area (Å²) in [6.45, 7) is 2.66. The first-order valence-electron chi connectivity index (χ1n) is 9.09. The Morgan fingerprint density at radius 1 is 1.09 bits per heavy atom. The van der Waals surface area contributed by atoms with Crippen molar-refractivity contribution in [2.45, 2.75) is 25.1 Å². The number of carbonyl (C=O) groups is 4. The van der Waals surface area contributed by atoms with Crippen LogP contribution >= 0.6 is 11.8 Å². The smallest absolute Gasteiger partial charge is 0.373 e. The maximum Gasteiger partial charge on any atom is 0.373 e. The van der Waals surface area contributed by atoms with E-state index < -0.39 is 51.6 Å². The second kappa shape index (κ2) is 10.7. The zero-order chi connectivity index (χ0) is 24.0. The molecular weight excluding hydrogens is 448 g/mol. The van der Waals surface area contributed by atoms with E-state index in [1.165, 1.54) is 19.9 Å². The van der Waals surface area contributed by atoms with Crippen LogP contribution in [0.3, 0.4) is 0 Å². The zero-order valence-corrected chi connectivity index (χ0v) is 18.0. The van der Waals surface area contributed by atoms with Gasteiger partial charge < -0.3 is 19.9 Å². The second-order valence-electron chi connectivity index (χ2n) is 6.52. The van der Waals surface area contributed by atoms with Gasteiger partial charge in [0, 0.05) is 23.8 Å². The molecule has 2 N–H and O–H groups in total. The van der Waals surface area contributed by atoms with Crippen LogP contribution in [0.2, 0.25) is 0 Å². The first-order valence-corrected chi connectivity index (χ1v) is 9.97. The number of carboxylic acids is 1. The van der Waals surface area contributed by atoms with Crippen molar-refractivity contribution in [3.05, 3.63) is 53.6 Å². The van der Waals surface area contributed by atoms with Crippen molar-refractivity contribution in [1.82, 2.24) is 5.32 Å². The van der Waals surface area contributed by atoms with E-state index >= 15 is 0 Å². The molecule has 0 saturated carbocycles. The molecular formula is C21H19F2NO7S. The van der Waals surface area contributed by atoms with Crippen molar-refractivity contribution in [3.63, 3.8) is 0 Å². The molecule has 0 saturated heterocycles. The van der Waals surface area contributed by atoms with Crippen molar-refractivity contribution in [2.24, 2.45) is 0 Å². The average molecular weight is 467 g/mol. The van der Waals surface area contributed by atoms with E-state index in [0.29, 0.717) is 17.8 Å². The predicted molar refractivity (Wildman–Crippen MR) is 111 cm³/mol. The monoisotopic (exact) mass is 467 g/mol. The van der Waals surface area contributed by atoms with Crippen LogP contribution in [-0.4, -0.2) is 46.7 Å². The molecule has 0 aliphatic rings. The van der Waals surface area contributed by atoms with Crippen LogP contribution < -0.4 is 10.1 Å². The molecule has 8 nitrogen and oxygen atoms in total. The Labute approximate surface area is 185 Å². The summed E-state index contributed by atoms with van der Waals surface area (Å²) in [5.74, 6) is -4.72. The Morgan fingerprint density at radius 2 is 1.78 bits per heavy atom. The number of rotatable bonds is 7. The van der Waals surface area contributed by atoms with Gasteiger partial charge in [0.05, 0.1) is 7.11 Å². The maximum atomic E-state index is 14.0. The molecule has 32 heavy (non-hydrogen) atoms. The molecule has 2 rings (SSSR count). The highest BCUT2D eigenvalue weighted by Crippen LogP contribution is 2.30. The van der Waals surface area contributed by atoms with Crippen molar-refractivity contribution < 1.29 is 42.5 Å². The summed E-state index contributed by atoms with van der Waals surface area (Å²) in [6, 6.07) is 5.27. The summed E-state index contributed by atoms with van der Waals surface area (Å²) in [6.07, 6.45) is 0. The molecule has 0 aliphatic carbocycles. The number of methoxy groups -OCH3 is 1. The van der Waals surface area contributed by atoms with Crippen molar-refractivity contribution in [3.8, 4) is 16.9 Å². The fraction of sp³-hybridized carbons (Fsp3) is 0.238. The van der Waals surface area contributed by atoms with E-state index in [4.69, 9.17) is 4.74 Å². The number of halogens is 2. The van der Waals surface area contributed by atoms with Crippen LogP contribution in [0, 0.1) is 11.6 Å². The van der Waals surface area contributed by atoms with Crippen LogP contribution in [-0.2, 0) is 14.3 Å². The van der Waals surface area contributed by atoms with Gasteiger partial charge in [0.2, 0.25) is 5.91 Å². The minimum absolute atomic E-state index is 0.0361. The molecule has 0 spiro atoms. The molecule has 2 aromatic carbocycles. The van der Waals surface area contributed by atoms with Gasteiger partial charge in [0.15, 0.2) is 0 Å². The van der Waals surface area contributed by atoms with E-state index in [-0.39, 0.29) is 16.9 Å². The number of hydrogen-bond acceptors (Lipinski definition) is 7. The molecule has 2 aromatic rings. The van der Waals surface area contributed by atoms with Crippen LogP contribution in [0.15, 0.2) is 36.4 Å². The van der Waals surface area contributed by atoms with Crippen molar-refractivity contribution in [2.75, 3.05) is 7.11 Å². The lowest BCUT2D eigenvalue weighted by atomic mass is 10.0. The van der Waals surface area contributed by atoms with Crippen LogP contribution in [0.25, 0.3) is 11.1 Å². The van der Waals surface area contributed by atoms with Crippen molar-refractivity contribution in [1.29, 1.82) is 0 Å². The highest BCUT2D eigenvalue weighted by atomic mass is 32.2. The minimum atomic E-state index is -1.44. The third-order valence-electron chi connectivity index (χ3n) is 4.21. The van der Waals surface area contributed by atoms with Crippen molar-refractivity contribution >= 4 is 34.9 Å². The van der Waals surface area contributed by atoms with E-state index in [1.54, 1.807) is 0 Å². The quantitative estimate of drug-likeness (QED) is 0.593. The summed E-state index contributed by atoms with van der Waals surface area (Å²) < 4.78 is 36.9. The lowest BCUT2D eigenvalue weighted by Gasteiger charge is -2.21. The molecule has 1 amide bonds. The summed E-state index contributed by atoms with van der Waals surface area (Å²) >= 11 is 0.542. The van der Waals surface area contributed by atoms with E-state index in [1.807, 2.05) is 0 Å². The summed E-state index contributed by atoms with van der Waals surface area (Å²) in [7, 11) is 1.12. The Kier molecular flexibility index (Phi) is 8.30. The molecule has 0 radical (unpaired) electrons. The lowest BCUT2D eigenvalue weighted by molar-refractivity contribution is -0.144. The molecule has 11 heteroatoms. The Hall–Kier alpha value is -3.47. The van der Waals surface area contributed by atoms with Crippen LogP contribution in [0.1, 0.15) is 24.2 Å². The summed E-state index contributed by atoms with van der Waals surface area (Å²) in [4.78, 5) is 47.1. The maximum absolute atomic E-state index is 14.0. The Balaban J connectivity index is 2.24. The minimum Gasteiger partial charge on any atom is -0.478 e. The van der Waals surface area contributed by atoms with Gasteiger partial charge in [-0.2, -0.15) is 0 Å². The second-order valence-corrected chi connectivity index (χ2v) is 7.83. The van der Waals surface area contributed by atoms with Gasteiger partial charge in [-0.25, -0.2) is 23.2 Å². The highest BCUT2D eigenvalue weighted by molar-refractivity contribution is 8.13. The average Bonchev–Trinajstić information content (AvgIpc) is 2.71. The SMILES string of the molecule is COC(=O)C(NC(C)=O)C(C)SC(=O)Oc1ccc(-c2ccc(F)cc2F)cc1C(=O)O. The van der Waals surface area contributed by atoms with Crippen LogP contribution in [0.5, 0.6) is 5.75 Å². The van der Waals surface area contributed by atoms with Crippen LogP contribution in [0.4, 0.5) is 13.6 Å². The number of carboxylic acid groups (broad SMARTS) is 1. The number of amides is 1. The fourth-order valence-electron chi connectivity index (χ4n) is 2.72. The van der Waals surface area contributed by atoms with Gasteiger partial charge in [0.1, 0.15) is 29.0 Å². The number of carbonyl (C=O) groups excluding carboxylic acids is 3. The summed E-state index contributed by atoms with van der Waals surface area (Å²) in [5.41, 5.74) is -0.331. The van der Waals surface area contributed by atoms with Gasteiger partial charge in [-0.15, -0.1) is 0 Å². The van der Waals surface area contributed by atoms with E-state index in [0.717, 1.165) is 31.4 Å². The van der Waals surface area contributed by atoms with Gasteiger partial charge >= 0.3 is 17.2 Å². The molecule has 2 atom stereocenters. The standard InChI is InChI=1S/C21H19F2NO7S/c1-10(18(20(28)30-3)24-11(2)25)32-21(29)31-17-7-4-12(8-15(17)19(26)27)14-6-5-13(22)9-16(14)23/h4-10,18H,1-3H3,(H,24,25)(H,26,27). The lowest BCUT2D eigenvalue weighted by Crippen LogP contribution is -2.46. The Morgan fingerprint density at radius 3 is 2.34 bits per heavy atom. The van der Waals surface area contributed by atoms with Gasteiger partial charge in [-0.3, -0.25) is 4.79 Å². The number of aromatic carboxylic acids is 1. The predicted octanol–water partition coefficient (Wildman–Crippen LogP) is 3.63. The van der Waals surface area contributed by atoms with E-state index in [9.17, 15) is 33.1 Å². The fourth-order valence-corrected chi connectivity index (χ4v) is 3.48. The number of nitrogens with one attached hydrogen (secondary N) is 1. The molecule has 170 valence electrons. The molecule has 2 unspecified atom stereocenters. The van der Waals surface area contributed by atoms with Gasteiger partial charge in [0.25, 0.3) is 0 Å². The first-order chi connectivity index (χ1) is 15.0. The molecule has 0 heterocycles. The molecule has 0 aromatic heterocycles. The largest absolute Gasteiger partial charge is 0.478 e. The third kappa shape index (κ3) is 6.27. The number of ether oxygens (including phenoxy) is 2. The normalized spacial score (nSPS) is 12.4. The van der Waals surface area contributed by atoms with Gasteiger partial charge in [-0.05, 0) is 41.6 Å². The Bertz CT molecular complexity index is 1060.